The van der Waals surface area contributed by atoms with Crippen LogP contribution < -0.4 is 4.74 Å². The highest BCUT2D eigenvalue weighted by atomic mass is 35.5. The van der Waals surface area contributed by atoms with E-state index in [0.717, 1.165) is 22.4 Å². The van der Waals surface area contributed by atoms with Crippen LogP contribution in [0.4, 0.5) is 0 Å². The standard InChI is InChI=1S/C23H25ClO3/c1-5-26-23(25)21-11-6-18(15-22(21)24)14-17(4)19-7-9-20(10-8-19)27-13-12-16(2)3/h6-12,14-15H,5,13H2,1-4H3. The van der Waals surface area contributed by atoms with Crippen molar-refractivity contribution in [1.82, 2.24) is 0 Å². The van der Waals surface area contributed by atoms with Crippen LogP contribution in [-0.4, -0.2) is 19.2 Å². The highest BCUT2D eigenvalue weighted by molar-refractivity contribution is 6.33. The minimum absolute atomic E-state index is 0.323. The van der Waals surface area contributed by atoms with E-state index in [-0.39, 0.29) is 0 Å². The van der Waals surface area contributed by atoms with Gasteiger partial charge in [-0.2, -0.15) is 0 Å². The Balaban J connectivity index is 2.11. The molecule has 0 fully saturated rings. The van der Waals surface area contributed by atoms with Crippen LogP contribution in [0.2, 0.25) is 5.02 Å². The third-order valence-corrected chi connectivity index (χ3v) is 4.24. The van der Waals surface area contributed by atoms with E-state index in [9.17, 15) is 4.79 Å². The molecule has 3 nitrogen and oxygen atoms in total. The number of allylic oxidation sites excluding steroid dienone is 2. The molecule has 2 aromatic carbocycles. The number of ether oxygens (including phenoxy) is 2. The van der Waals surface area contributed by atoms with Crippen LogP contribution in [0.15, 0.2) is 54.1 Å². The van der Waals surface area contributed by atoms with Crippen LogP contribution >= 0.6 is 11.6 Å². The highest BCUT2D eigenvalue weighted by Gasteiger charge is 2.11. The maximum atomic E-state index is 11.8. The fourth-order valence-corrected chi connectivity index (χ4v) is 2.71. The first kappa shape index (κ1) is 20.8. The molecule has 0 heterocycles. The van der Waals surface area contributed by atoms with Crippen LogP contribution in [0, 0.1) is 0 Å². The number of benzene rings is 2. The molecular formula is C23H25ClO3. The molecule has 2 rings (SSSR count). The summed E-state index contributed by atoms with van der Waals surface area (Å²) in [6.07, 6.45) is 4.07. The molecule has 0 amide bonds. The zero-order valence-corrected chi connectivity index (χ0v) is 17.0. The van der Waals surface area contributed by atoms with Gasteiger partial charge in [-0.1, -0.05) is 41.4 Å². The van der Waals surface area contributed by atoms with Crippen LogP contribution in [0.3, 0.4) is 0 Å². The minimum atomic E-state index is -0.404. The van der Waals surface area contributed by atoms with Gasteiger partial charge in [0.15, 0.2) is 0 Å². The van der Waals surface area contributed by atoms with Gasteiger partial charge < -0.3 is 9.47 Å². The molecule has 0 saturated carbocycles. The molecule has 0 aliphatic heterocycles. The second kappa shape index (κ2) is 9.98. The van der Waals surface area contributed by atoms with E-state index in [1.807, 2.05) is 63.3 Å². The third-order valence-electron chi connectivity index (χ3n) is 3.92. The van der Waals surface area contributed by atoms with Crippen molar-refractivity contribution in [3.63, 3.8) is 0 Å². The summed E-state index contributed by atoms with van der Waals surface area (Å²) in [6.45, 7) is 8.79. The van der Waals surface area contributed by atoms with Gasteiger partial charge >= 0.3 is 5.97 Å². The first-order valence-electron chi connectivity index (χ1n) is 8.92. The summed E-state index contributed by atoms with van der Waals surface area (Å²) in [5.74, 6) is 0.435. The van der Waals surface area contributed by atoms with Crippen molar-refractivity contribution in [2.24, 2.45) is 0 Å². The van der Waals surface area contributed by atoms with Gasteiger partial charge in [-0.05, 0) is 74.7 Å². The van der Waals surface area contributed by atoms with Crippen molar-refractivity contribution in [2.45, 2.75) is 27.7 Å². The number of hydrogen-bond acceptors (Lipinski definition) is 3. The van der Waals surface area contributed by atoms with Gasteiger partial charge in [0, 0.05) is 0 Å². The van der Waals surface area contributed by atoms with E-state index in [0.29, 0.717) is 23.8 Å². The Morgan fingerprint density at radius 2 is 1.78 bits per heavy atom. The van der Waals surface area contributed by atoms with Gasteiger partial charge in [0.1, 0.15) is 12.4 Å². The van der Waals surface area contributed by atoms with Crippen molar-refractivity contribution in [2.75, 3.05) is 13.2 Å². The maximum absolute atomic E-state index is 11.8. The topological polar surface area (TPSA) is 35.5 Å². The smallest absolute Gasteiger partial charge is 0.339 e. The van der Waals surface area contributed by atoms with Gasteiger partial charge in [0.2, 0.25) is 0 Å². The Bertz CT molecular complexity index is 844. The summed E-state index contributed by atoms with van der Waals surface area (Å²) in [5, 5.41) is 0.387. The van der Waals surface area contributed by atoms with Gasteiger partial charge in [-0.3, -0.25) is 0 Å². The van der Waals surface area contributed by atoms with Gasteiger partial charge in [0.25, 0.3) is 0 Å². The summed E-state index contributed by atoms with van der Waals surface area (Å²) in [7, 11) is 0. The van der Waals surface area contributed by atoms with Crippen molar-refractivity contribution >= 4 is 29.2 Å². The van der Waals surface area contributed by atoms with E-state index in [1.54, 1.807) is 19.1 Å². The molecule has 2 aromatic rings. The molecule has 0 atom stereocenters. The van der Waals surface area contributed by atoms with Gasteiger partial charge in [-0.25, -0.2) is 4.79 Å². The predicted molar refractivity (Wildman–Crippen MR) is 112 cm³/mol. The zero-order chi connectivity index (χ0) is 19.8. The lowest BCUT2D eigenvalue weighted by molar-refractivity contribution is 0.0526. The van der Waals surface area contributed by atoms with Crippen LogP contribution in [-0.2, 0) is 4.74 Å². The number of carbonyl (C=O) groups excluding carboxylic acids is 1. The SMILES string of the molecule is CCOC(=O)c1ccc(C=C(C)c2ccc(OCC=C(C)C)cc2)cc1Cl. The van der Waals surface area contributed by atoms with E-state index >= 15 is 0 Å². The summed E-state index contributed by atoms with van der Waals surface area (Å²) >= 11 is 6.23. The Hall–Kier alpha value is -2.52. The summed E-state index contributed by atoms with van der Waals surface area (Å²) in [4.78, 5) is 11.8. The molecule has 0 aromatic heterocycles. The second-order valence-electron chi connectivity index (χ2n) is 6.40. The van der Waals surface area contributed by atoms with Crippen molar-refractivity contribution < 1.29 is 14.3 Å². The number of halogens is 1. The van der Waals surface area contributed by atoms with Crippen molar-refractivity contribution in [3.05, 3.63) is 75.8 Å². The fourth-order valence-electron chi connectivity index (χ4n) is 2.45. The monoisotopic (exact) mass is 384 g/mol. The molecule has 0 unspecified atom stereocenters. The summed E-state index contributed by atoms with van der Waals surface area (Å²) < 4.78 is 10.7. The van der Waals surface area contributed by atoms with E-state index in [1.165, 1.54) is 5.57 Å². The highest BCUT2D eigenvalue weighted by Crippen LogP contribution is 2.24. The summed E-state index contributed by atoms with van der Waals surface area (Å²) in [5.41, 5.74) is 4.72. The molecule has 0 aliphatic rings. The van der Waals surface area contributed by atoms with E-state index in [2.05, 4.69) is 0 Å². The minimum Gasteiger partial charge on any atom is -0.490 e. The van der Waals surface area contributed by atoms with Gasteiger partial charge in [0.05, 0.1) is 17.2 Å². The molecule has 0 aliphatic carbocycles. The normalized spacial score (nSPS) is 11.1. The number of esters is 1. The first-order chi connectivity index (χ1) is 12.9. The molecule has 4 heteroatoms. The number of carbonyl (C=O) groups is 1. The fraction of sp³-hybridized carbons (Fsp3) is 0.261. The average Bonchev–Trinajstić information content (AvgIpc) is 2.62. The lowest BCUT2D eigenvalue weighted by Crippen LogP contribution is -2.05. The molecule has 0 N–H and O–H groups in total. The maximum Gasteiger partial charge on any atom is 0.339 e. The lowest BCUT2D eigenvalue weighted by Gasteiger charge is -2.07. The lowest BCUT2D eigenvalue weighted by atomic mass is 10.0. The van der Waals surface area contributed by atoms with E-state index in [4.69, 9.17) is 21.1 Å². The zero-order valence-electron chi connectivity index (χ0n) is 16.2. The third kappa shape index (κ3) is 6.30. The van der Waals surface area contributed by atoms with E-state index < -0.39 is 5.97 Å². The van der Waals surface area contributed by atoms with Gasteiger partial charge in [-0.15, -0.1) is 0 Å². The van der Waals surface area contributed by atoms with Crippen LogP contribution in [0.5, 0.6) is 5.75 Å². The van der Waals surface area contributed by atoms with Crippen molar-refractivity contribution in [3.8, 4) is 5.75 Å². The predicted octanol–water partition coefficient (Wildman–Crippen LogP) is 6.42. The molecular weight excluding hydrogens is 360 g/mol. The molecule has 0 radical (unpaired) electrons. The molecule has 0 saturated heterocycles. The summed E-state index contributed by atoms with van der Waals surface area (Å²) in [6, 6.07) is 13.3. The Morgan fingerprint density at radius 3 is 2.37 bits per heavy atom. The van der Waals surface area contributed by atoms with Crippen LogP contribution in [0.1, 0.15) is 49.2 Å². The Kier molecular flexibility index (Phi) is 7.68. The first-order valence-corrected chi connectivity index (χ1v) is 9.30. The number of rotatable bonds is 7. The Labute approximate surface area is 166 Å². The molecule has 142 valence electrons. The Morgan fingerprint density at radius 1 is 1.07 bits per heavy atom. The van der Waals surface area contributed by atoms with Crippen LogP contribution in [0.25, 0.3) is 11.6 Å². The molecule has 0 spiro atoms. The average molecular weight is 385 g/mol. The largest absolute Gasteiger partial charge is 0.490 e. The number of hydrogen-bond donors (Lipinski definition) is 0. The second-order valence-corrected chi connectivity index (χ2v) is 6.81. The molecule has 0 bridgehead atoms. The quantitative estimate of drug-likeness (QED) is 0.314. The van der Waals surface area contributed by atoms with Crippen molar-refractivity contribution in [1.29, 1.82) is 0 Å². The molecule has 27 heavy (non-hydrogen) atoms.